The highest BCUT2D eigenvalue weighted by atomic mass is 35.5. The molecule has 10 nitrogen and oxygen atoms in total. The maximum absolute atomic E-state index is 13.8. The van der Waals surface area contributed by atoms with Crippen LogP contribution in [-0.4, -0.2) is 72.3 Å². The predicted octanol–water partition coefficient (Wildman–Crippen LogP) is 3.27. The van der Waals surface area contributed by atoms with Crippen LogP contribution in [0.2, 0.25) is 10.2 Å². The highest BCUT2D eigenvalue weighted by molar-refractivity contribution is 6.31. The lowest BCUT2D eigenvalue weighted by Crippen LogP contribution is -2.52. The van der Waals surface area contributed by atoms with Crippen molar-refractivity contribution in [2.45, 2.75) is 19.4 Å². The topological polar surface area (TPSA) is 106 Å². The van der Waals surface area contributed by atoms with Crippen molar-refractivity contribution in [2.75, 3.05) is 26.2 Å². The van der Waals surface area contributed by atoms with Crippen molar-refractivity contribution in [1.29, 1.82) is 0 Å². The van der Waals surface area contributed by atoms with E-state index in [1.54, 1.807) is 28.0 Å². The minimum Gasteiger partial charge on any atom is -0.339 e. The van der Waals surface area contributed by atoms with Gasteiger partial charge in [-0.25, -0.2) is 9.67 Å². The number of rotatable bonds is 6. The van der Waals surface area contributed by atoms with Gasteiger partial charge in [0.2, 0.25) is 11.8 Å². The summed E-state index contributed by atoms with van der Waals surface area (Å²) < 4.78 is 2.84. The number of benzene rings is 2. The summed E-state index contributed by atoms with van der Waals surface area (Å²) in [5.41, 5.74) is 2.03. The van der Waals surface area contributed by atoms with Gasteiger partial charge in [-0.15, -0.1) is 5.10 Å². The van der Waals surface area contributed by atoms with Gasteiger partial charge in [0.05, 0.1) is 23.9 Å². The number of carbonyl (C=O) groups excluding carboxylic acids is 2. The lowest BCUT2D eigenvalue weighted by atomic mass is 10.0. The Morgan fingerprint density at radius 1 is 0.974 bits per heavy atom. The number of piperazine rings is 1. The lowest BCUT2D eigenvalue weighted by Gasteiger charge is -2.36. The van der Waals surface area contributed by atoms with Gasteiger partial charge < -0.3 is 9.80 Å². The van der Waals surface area contributed by atoms with Gasteiger partial charge in [0.25, 0.3) is 5.56 Å². The number of amides is 2. The van der Waals surface area contributed by atoms with Crippen LogP contribution >= 0.6 is 23.2 Å². The standard InChI is InChI=1S/C27H25Cl2N7O3/c1-18(37)33-9-11-34(12-10-33)27(39)24(13-19-5-3-2-4-6-19)35-17-30-22(15-26(35)38)21-14-20(28)7-8-23(21)36-16-25(29)31-32-36/h2-8,14-17,24H,9-13H2,1H3. The average Bonchev–Trinajstić information content (AvgIpc) is 3.38. The highest BCUT2D eigenvalue weighted by Crippen LogP contribution is 2.28. The Labute approximate surface area is 234 Å². The van der Waals surface area contributed by atoms with Gasteiger partial charge in [0.15, 0.2) is 5.15 Å². The summed E-state index contributed by atoms with van der Waals surface area (Å²) in [6, 6.07) is 15.2. The van der Waals surface area contributed by atoms with Crippen molar-refractivity contribution in [3.05, 3.63) is 93.2 Å². The van der Waals surface area contributed by atoms with Gasteiger partial charge in [0.1, 0.15) is 6.04 Å². The number of nitrogens with zero attached hydrogens (tertiary/aromatic N) is 7. The molecule has 0 aliphatic carbocycles. The predicted molar refractivity (Wildman–Crippen MR) is 147 cm³/mol. The Morgan fingerprint density at radius 3 is 2.33 bits per heavy atom. The molecule has 0 N–H and O–H groups in total. The molecule has 1 saturated heterocycles. The van der Waals surface area contributed by atoms with Crippen molar-refractivity contribution in [1.82, 2.24) is 34.3 Å². The second-order valence-corrected chi connectivity index (χ2v) is 10.0. The van der Waals surface area contributed by atoms with E-state index in [1.807, 2.05) is 30.3 Å². The van der Waals surface area contributed by atoms with Crippen LogP contribution in [-0.2, 0) is 16.0 Å². The van der Waals surface area contributed by atoms with E-state index in [4.69, 9.17) is 23.2 Å². The number of halogens is 2. The monoisotopic (exact) mass is 565 g/mol. The van der Waals surface area contributed by atoms with Crippen LogP contribution in [0.25, 0.3) is 16.9 Å². The zero-order chi connectivity index (χ0) is 27.5. The molecule has 2 amide bonds. The largest absolute Gasteiger partial charge is 0.339 e. The van der Waals surface area contributed by atoms with Crippen molar-refractivity contribution in [3.8, 4) is 16.9 Å². The third-order valence-electron chi connectivity index (χ3n) is 6.71. The summed E-state index contributed by atoms with van der Waals surface area (Å²) in [5, 5.41) is 8.50. The first-order chi connectivity index (χ1) is 18.8. The summed E-state index contributed by atoms with van der Waals surface area (Å²) in [5.74, 6) is -0.216. The lowest BCUT2D eigenvalue weighted by molar-refractivity contribution is -0.140. The molecular formula is C27H25Cl2N7O3. The summed E-state index contributed by atoms with van der Waals surface area (Å²) in [6.45, 7) is 3.22. The van der Waals surface area contributed by atoms with Crippen molar-refractivity contribution in [2.24, 2.45) is 0 Å². The first kappa shape index (κ1) is 26.6. The van der Waals surface area contributed by atoms with Gasteiger partial charge in [0, 0.05) is 56.2 Å². The van der Waals surface area contributed by atoms with E-state index in [1.165, 1.54) is 34.8 Å². The molecule has 5 rings (SSSR count). The summed E-state index contributed by atoms with van der Waals surface area (Å²) in [7, 11) is 0. The SMILES string of the molecule is CC(=O)N1CCN(C(=O)C(Cc2ccccc2)n2cnc(-c3cc(Cl)ccc3-n3cc(Cl)nn3)cc2=O)CC1. The average molecular weight is 566 g/mol. The Kier molecular flexibility index (Phi) is 7.76. The van der Waals surface area contributed by atoms with Crippen LogP contribution in [0.1, 0.15) is 18.5 Å². The molecule has 0 radical (unpaired) electrons. The van der Waals surface area contributed by atoms with Crippen LogP contribution in [0.3, 0.4) is 0 Å². The third-order valence-corrected chi connectivity index (χ3v) is 7.12. The van der Waals surface area contributed by atoms with E-state index in [-0.39, 0.29) is 22.5 Å². The molecular weight excluding hydrogens is 541 g/mol. The first-order valence-electron chi connectivity index (χ1n) is 12.3. The third kappa shape index (κ3) is 5.86. The molecule has 2 aromatic carbocycles. The second-order valence-electron chi connectivity index (χ2n) is 9.20. The van der Waals surface area contributed by atoms with Crippen molar-refractivity contribution >= 4 is 35.0 Å². The van der Waals surface area contributed by atoms with E-state index in [0.29, 0.717) is 54.6 Å². The maximum Gasteiger partial charge on any atom is 0.254 e. The quantitative estimate of drug-likeness (QED) is 0.355. The van der Waals surface area contributed by atoms with Crippen molar-refractivity contribution < 1.29 is 9.59 Å². The van der Waals surface area contributed by atoms with Gasteiger partial charge >= 0.3 is 0 Å². The van der Waals surface area contributed by atoms with Gasteiger partial charge in [-0.1, -0.05) is 58.7 Å². The van der Waals surface area contributed by atoms with Crippen molar-refractivity contribution in [3.63, 3.8) is 0 Å². The molecule has 1 aliphatic heterocycles. The van der Waals surface area contributed by atoms with E-state index in [0.717, 1.165) is 5.56 Å². The molecule has 3 heterocycles. The second kappa shape index (κ2) is 11.4. The molecule has 1 aliphatic rings. The fourth-order valence-corrected chi connectivity index (χ4v) is 4.96. The molecule has 1 atom stereocenters. The fourth-order valence-electron chi connectivity index (χ4n) is 4.66. The Bertz CT molecular complexity index is 1560. The minimum absolute atomic E-state index is 0.0208. The van der Waals surface area contributed by atoms with Gasteiger partial charge in [-0.2, -0.15) is 0 Å². The van der Waals surface area contributed by atoms with Crippen LogP contribution in [0, 0.1) is 0 Å². The van der Waals surface area contributed by atoms with Crippen LogP contribution < -0.4 is 5.56 Å². The van der Waals surface area contributed by atoms with Crippen LogP contribution in [0.15, 0.2) is 71.9 Å². The molecule has 39 heavy (non-hydrogen) atoms. The number of hydrogen-bond donors (Lipinski definition) is 0. The fraction of sp³-hybridized carbons (Fsp3) is 0.259. The smallest absolute Gasteiger partial charge is 0.254 e. The molecule has 4 aromatic rings. The zero-order valence-corrected chi connectivity index (χ0v) is 22.6. The molecule has 0 bridgehead atoms. The molecule has 1 unspecified atom stereocenters. The Hall–Kier alpha value is -4.02. The number of aromatic nitrogens is 5. The molecule has 0 saturated carbocycles. The maximum atomic E-state index is 13.8. The minimum atomic E-state index is -0.807. The zero-order valence-electron chi connectivity index (χ0n) is 21.1. The summed E-state index contributed by atoms with van der Waals surface area (Å²) in [4.78, 5) is 47.0. The normalized spacial score (nSPS) is 14.3. The van der Waals surface area contributed by atoms with Gasteiger partial charge in [-0.3, -0.25) is 19.0 Å². The molecule has 0 spiro atoms. The van der Waals surface area contributed by atoms with E-state index in [9.17, 15) is 14.4 Å². The van der Waals surface area contributed by atoms with E-state index >= 15 is 0 Å². The van der Waals surface area contributed by atoms with Gasteiger partial charge in [-0.05, 0) is 23.8 Å². The molecule has 12 heteroatoms. The number of hydrogen-bond acceptors (Lipinski definition) is 6. The van der Waals surface area contributed by atoms with E-state index in [2.05, 4.69) is 15.3 Å². The highest BCUT2D eigenvalue weighted by Gasteiger charge is 2.30. The first-order valence-corrected chi connectivity index (χ1v) is 13.1. The van der Waals surface area contributed by atoms with Crippen LogP contribution in [0.4, 0.5) is 0 Å². The Morgan fingerprint density at radius 2 is 1.69 bits per heavy atom. The van der Waals surface area contributed by atoms with Crippen LogP contribution in [0.5, 0.6) is 0 Å². The summed E-state index contributed by atoms with van der Waals surface area (Å²) >= 11 is 12.2. The van der Waals surface area contributed by atoms with E-state index < -0.39 is 6.04 Å². The molecule has 1 fully saturated rings. The Balaban J connectivity index is 1.50. The summed E-state index contributed by atoms with van der Waals surface area (Å²) in [6.07, 6.45) is 3.25. The number of carbonyl (C=O) groups is 2. The molecule has 200 valence electrons. The molecule has 2 aromatic heterocycles.